The largest absolute Gasteiger partial charge is 0.461 e. The summed E-state index contributed by atoms with van der Waals surface area (Å²) in [6, 6.07) is 11.6. The summed E-state index contributed by atoms with van der Waals surface area (Å²) in [5.41, 5.74) is 1.95. The standard InChI is InChI=1S/C18H15ClFNO2/c1-3-23-18(22)17-16(12-6-4-5-7-14(12)20)13-10-11(19)8-9-15(13)21(17)2/h4-10H,3H2,1-2H3. The maximum Gasteiger partial charge on any atom is 0.355 e. The summed E-state index contributed by atoms with van der Waals surface area (Å²) in [4.78, 5) is 12.4. The van der Waals surface area contributed by atoms with Crippen molar-refractivity contribution in [1.29, 1.82) is 0 Å². The number of halogens is 2. The fraction of sp³-hybridized carbons (Fsp3) is 0.167. The van der Waals surface area contributed by atoms with Gasteiger partial charge in [-0.25, -0.2) is 9.18 Å². The van der Waals surface area contributed by atoms with Gasteiger partial charge in [-0.1, -0.05) is 29.8 Å². The van der Waals surface area contributed by atoms with Crippen LogP contribution in [-0.4, -0.2) is 17.1 Å². The Labute approximate surface area is 138 Å². The van der Waals surface area contributed by atoms with Crippen molar-refractivity contribution in [1.82, 2.24) is 4.57 Å². The van der Waals surface area contributed by atoms with E-state index >= 15 is 0 Å². The van der Waals surface area contributed by atoms with Crippen molar-refractivity contribution in [3.05, 3.63) is 59.0 Å². The molecule has 0 fully saturated rings. The summed E-state index contributed by atoms with van der Waals surface area (Å²) in [5.74, 6) is -0.883. The zero-order valence-corrected chi connectivity index (χ0v) is 13.5. The van der Waals surface area contributed by atoms with Gasteiger partial charge in [0.1, 0.15) is 11.5 Å². The third-order valence-corrected chi connectivity index (χ3v) is 4.01. The number of carbonyl (C=O) groups is 1. The Morgan fingerprint density at radius 2 is 2.00 bits per heavy atom. The van der Waals surface area contributed by atoms with Crippen LogP contribution in [0.5, 0.6) is 0 Å². The molecule has 3 aromatic rings. The van der Waals surface area contributed by atoms with Crippen LogP contribution in [0.1, 0.15) is 17.4 Å². The number of rotatable bonds is 3. The van der Waals surface area contributed by atoms with Gasteiger partial charge in [0.25, 0.3) is 0 Å². The van der Waals surface area contributed by atoms with E-state index in [1.54, 1.807) is 48.9 Å². The van der Waals surface area contributed by atoms with E-state index in [4.69, 9.17) is 16.3 Å². The Kier molecular flexibility index (Phi) is 4.09. The molecular weight excluding hydrogens is 317 g/mol. The van der Waals surface area contributed by atoms with Crippen LogP contribution in [0.4, 0.5) is 4.39 Å². The molecule has 1 aromatic heterocycles. The van der Waals surface area contributed by atoms with Crippen LogP contribution in [0.25, 0.3) is 22.0 Å². The average Bonchev–Trinajstić information content (AvgIpc) is 2.80. The fourth-order valence-electron chi connectivity index (χ4n) is 2.79. The number of benzene rings is 2. The second kappa shape index (κ2) is 6.05. The van der Waals surface area contributed by atoms with E-state index in [1.165, 1.54) is 6.07 Å². The van der Waals surface area contributed by atoms with Crippen molar-refractivity contribution < 1.29 is 13.9 Å². The molecule has 0 unspecified atom stereocenters. The Bertz CT molecular complexity index is 901. The average molecular weight is 332 g/mol. The van der Waals surface area contributed by atoms with E-state index in [0.29, 0.717) is 27.2 Å². The Morgan fingerprint density at radius 3 is 2.70 bits per heavy atom. The highest BCUT2D eigenvalue weighted by Crippen LogP contribution is 2.37. The van der Waals surface area contributed by atoms with Crippen LogP contribution in [0, 0.1) is 5.82 Å². The van der Waals surface area contributed by atoms with Gasteiger partial charge in [-0.15, -0.1) is 0 Å². The van der Waals surface area contributed by atoms with Crippen molar-refractivity contribution in [3.8, 4) is 11.1 Å². The smallest absolute Gasteiger partial charge is 0.355 e. The minimum absolute atomic E-state index is 0.248. The van der Waals surface area contributed by atoms with Gasteiger partial charge in [0.05, 0.1) is 6.61 Å². The zero-order valence-electron chi connectivity index (χ0n) is 12.8. The highest BCUT2D eigenvalue weighted by atomic mass is 35.5. The number of carbonyl (C=O) groups excluding carboxylic acids is 1. The lowest BCUT2D eigenvalue weighted by molar-refractivity contribution is 0.0517. The minimum Gasteiger partial charge on any atom is -0.461 e. The van der Waals surface area contributed by atoms with Gasteiger partial charge in [0, 0.05) is 34.1 Å². The number of aryl methyl sites for hydroxylation is 1. The lowest BCUT2D eigenvalue weighted by Gasteiger charge is -2.08. The van der Waals surface area contributed by atoms with E-state index in [9.17, 15) is 9.18 Å². The van der Waals surface area contributed by atoms with Crippen molar-refractivity contribution in [3.63, 3.8) is 0 Å². The van der Waals surface area contributed by atoms with Gasteiger partial charge in [0.15, 0.2) is 0 Å². The molecule has 2 aromatic carbocycles. The van der Waals surface area contributed by atoms with Crippen LogP contribution in [0.2, 0.25) is 5.02 Å². The first kappa shape index (κ1) is 15.6. The molecule has 0 aliphatic carbocycles. The number of ether oxygens (including phenoxy) is 1. The maximum absolute atomic E-state index is 14.3. The normalized spacial score (nSPS) is 11.0. The molecule has 0 N–H and O–H groups in total. The predicted octanol–water partition coefficient (Wildman–Crippen LogP) is 4.81. The van der Waals surface area contributed by atoms with Gasteiger partial charge < -0.3 is 9.30 Å². The summed E-state index contributed by atoms with van der Waals surface area (Å²) >= 11 is 6.10. The zero-order chi connectivity index (χ0) is 16.6. The van der Waals surface area contributed by atoms with Crippen molar-refractivity contribution in [2.75, 3.05) is 6.61 Å². The van der Waals surface area contributed by atoms with Gasteiger partial charge >= 0.3 is 5.97 Å². The highest BCUT2D eigenvalue weighted by Gasteiger charge is 2.25. The number of nitrogens with zero attached hydrogens (tertiary/aromatic N) is 1. The molecule has 3 rings (SSSR count). The lowest BCUT2D eigenvalue weighted by atomic mass is 10.0. The number of hydrogen-bond acceptors (Lipinski definition) is 2. The monoisotopic (exact) mass is 331 g/mol. The van der Waals surface area contributed by atoms with Gasteiger partial charge in [-0.2, -0.15) is 0 Å². The Morgan fingerprint density at radius 1 is 1.26 bits per heavy atom. The molecule has 0 saturated carbocycles. The quantitative estimate of drug-likeness (QED) is 0.645. The Hall–Kier alpha value is -2.33. The molecule has 3 nitrogen and oxygen atoms in total. The number of esters is 1. The molecule has 0 radical (unpaired) electrons. The summed E-state index contributed by atoms with van der Waals surface area (Å²) in [7, 11) is 1.76. The Balaban J connectivity index is 2.41. The molecule has 23 heavy (non-hydrogen) atoms. The van der Waals surface area contributed by atoms with Crippen molar-refractivity contribution in [2.45, 2.75) is 6.92 Å². The first-order valence-electron chi connectivity index (χ1n) is 7.24. The van der Waals surface area contributed by atoms with Gasteiger partial charge in [-0.05, 0) is 31.2 Å². The molecule has 0 bridgehead atoms. The molecular formula is C18H15ClFNO2. The molecule has 0 aliphatic rings. The summed E-state index contributed by atoms with van der Waals surface area (Å²) < 4.78 is 21.2. The van der Waals surface area contributed by atoms with Crippen LogP contribution >= 0.6 is 11.6 Å². The first-order valence-corrected chi connectivity index (χ1v) is 7.62. The molecule has 0 amide bonds. The van der Waals surface area contributed by atoms with Crippen LogP contribution in [0.3, 0.4) is 0 Å². The van der Waals surface area contributed by atoms with Crippen LogP contribution in [0.15, 0.2) is 42.5 Å². The van der Waals surface area contributed by atoms with E-state index < -0.39 is 11.8 Å². The first-order chi connectivity index (χ1) is 11.0. The number of hydrogen-bond donors (Lipinski definition) is 0. The van der Waals surface area contributed by atoms with Gasteiger partial charge in [-0.3, -0.25) is 0 Å². The molecule has 0 saturated heterocycles. The third kappa shape index (κ3) is 2.59. The topological polar surface area (TPSA) is 31.2 Å². The van der Waals surface area contributed by atoms with Crippen molar-refractivity contribution >= 4 is 28.5 Å². The van der Waals surface area contributed by atoms with E-state index in [-0.39, 0.29) is 6.61 Å². The van der Waals surface area contributed by atoms with E-state index in [0.717, 1.165) is 5.52 Å². The highest BCUT2D eigenvalue weighted by molar-refractivity contribution is 6.31. The third-order valence-electron chi connectivity index (χ3n) is 3.77. The SMILES string of the molecule is CCOC(=O)c1c(-c2ccccc2F)c2cc(Cl)ccc2n1C. The molecule has 0 atom stereocenters. The van der Waals surface area contributed by atoms with Crippen LogP contribution in [-0.2, 0) is 11.8 Å². The second-order valence-electron chi connectivity index (χ2n) is 5.14. The van der Waals surface area contributed by atoms with E-state index in [2.05, 4.69) is 0 Å². The molecule has 1 heterocycles. The summed E-state index contributed by atoms with van der Waals surface area (Å²) in [6.45, 7) is 1.98. The molecule has 0 spiro atoms. The van der Waals surface area contributed by atoms with Crippen LogP contribution < -0.4 is 0 Å². The van der Waals surface area contributed by atoms with Crippen molar-refractivity contribution in [2.24, 2.45) is 7.05 Å². The fourth-order valence-corrected chi connectivity index (χ4v) is 2.96. The summed E-state index contributed by atoms with van der Waals surface area (Å²) in [5, 5.41) is 1.24. The number of aromatic nitrogens is 1. The molecule has 118 valence electrons. The van der Waals surface area contributed by atoms with E-state index in [1.807, 2.05) is 6.07 Å². The van der Waals surface area contributed by atoms with Gasteiger partial charge in [0.2, 0.25) is 0 Å². The molecule has 5 heteroatoms. The predicted molar refractivity (Wildman–Crippen MR) is 89.3 cm³/mol. The summed E-state index contributed by atoms with van der Waals surface area (Å²) in [6.07, 6.45) is 0. The minimum atomic E-state index is -0.486. The maximum atomic E-state index is 14.3. The second-order valence-corrected chi connectivity index (χ2v) is 5.58. The molecule has 0 aliphatic heterocycles. The number of fused-ring (bicyclic) bond motifs is 1. The lowest BCUT2D eigenvalue weighted by Crippen LogP contribution is -2.11.